The SMILES string of the molecule is COC(=O)c1cc(NC(=O)C2(C)CCCNC2)ccc1F. The van der Waals surface area contributed by atoms with Crippen LogP contribution in [0.15, 0.2) is 18.2 Å². The van der Waals surface area contributed by atoms with Gasteiger partial charge in [-0.3, -0.25) is 4.79 Å². The van der Waals surface area contributed by atoms with Crippen LogP contribution in [0.5, 0.6) is 0 Å². The van der Waals surface area contributed by atoms with Crippen molar-refractivity contribution in [3.05, 3.63) is 29.6 Å². The number of carbonyl (C=O) groups excluding carboxylic acids is 2. The largest absolute Gasteiger partial charge is 0.465 e. The van der Waals surface area contributed by atoms with Crippen LogP contribution in [0.3, 0.4) is 0 Å². The number of piperidine rings is 1. The van der Waals surface area contributed by atoms with Crippen molar-refractivity contribution in [1.82, 2.24) is 5.32 Å². The Balaban J connectivity index is 2.16. The topological polar surface area (TPSA) is 67.4 Å². The van der Waals surface area contributed by atoms with Crippen molar-refractivity contribution in [2.75, 3.05) is 25.5 Å². The Kier molecular flexibility index (Phi) is 4.57. The minimum absolute atomic E-state index is 0.142. The predicted molar refractivity (Wildman–Crippen MR) is 76.6 cm³/mol. The molecule has 0 spiro atoms. The Labute approximate surface area is 122 Å². The van der Waals surface area contributed by atoms with Crippen molar-refractivity contribution in [1.29, 1.82) is 0 Å². The van der Waals surface area contributed by atoms with E-state index < -0.39 is 17.2 Å². The van der Waals surface area contributed by atoms with E-state index in [0.717, 1.165) is 25.5 Å². The van der Waals surface area contributed by atoms with Crippen molar-refractivity contribution < 1.29 is 18.7 Å². The Morgan fingerprint density at radius 2 is 2.19 bits per heavy atom. The minimum Gasteiger partial charge on any atom is -0.465 e. The number of ether oxygens (including phenoxy) is 1. The average Bonchev–Trinajstić information content (AvgIpc) is 2.49. The first-order chi connectivity index (χ1) is 9.96. The van der Waals surface area contributed by atoms with E-state index in [1.54, 1.807) is 0 Å². The highest BCUT2D eigenvalue weighted by Gasteiger charge is 2.34. The summed E-state index contributed by atoms with van der Waals surface area (Å²) in [7, 11) is 1.18. The Hall–Kier alpha value is -1.95. The summed E-state index contributed by atoms with van der Waals surface area (Å²) in [6.45, 7) is 3.40. The summed E-state index contributed by atoms with van der Waals surface area (Å²) >= 11 is 0. The van der Waals surface area contributed by atoms with Gasteiger partial charge in [-0.15, -0.1) is 0 Å². The molecule has 0 radical (unpaired) electrons. The van der Waals surface area contributed by atoms with Gasteiger partial charge < -0.3 is 15.4 Å². The molecule has 0 aromatic heterocycles. The van der Waals surface area contributed by atoms with E-state index in [1.165, 1.54) is 19.2 Å². The van der Waals surface area contributed by atoms with Gasteiger partial charge in [0.15, 0.2) is 0 Å². The number of methoxy groups -OCH3 is 1. The summed E-state index contributed by atoms with van der Waals surface area (Å²) in [6, 6.07) is 3.86. The molecule has 0 bridgehead atoms. The molecule has 0 aliphatic carbocycles. The summed E-state index contributed by atoms with van der Waals surface area (Å²) in [5.41, 5.74) is -0.311. The minimum atomic E-state index is -0.769. The Morgan fingerprint density at radius 1 is 1.43 bits per heavy atom. The lowest BCUT2D eigenvalue weighted by atomic mass is 9.82. The normalized spacial score (nSPS) is 21.7. The highest BCUT2D eigenvalue weighted by atomic mass is 19.1. The molecule has 21 heavy (non-hydrogen) atoms. The first-order valence-corrected chi connectivity index (χ1v) is 6.86. The van der Waals surface area contributed by atoms with Crippen molar-refractivity contribution in [3.63, 3.8) is 0 Å². The van der Waals surface area contributed by atoms with Crippen molar-refractivity contribution in [3.8, 4) is 0 Å². The lowest BCUT2D eigenvalue weighted by Gasteiger charge is -2.32. The molecule has 1 saturated heterocycles. The third-order valence-electron chi connectivity index (χ3n) is 3.77. The molecule has 1 amide bonds. The Morgan fingerprint density at radius 3 is 2.81 bits per heavy atom. The highest BCUT2D eigenvalue weighted by molar-refractivity contribution is 5.97. The van der Waals surface area contributed by atoms with Crippen molar-refractivity contribution >= 4 is 17.6 Å². The van der Waals surface area contributed by atoms with Crippen LogP contribution in [0, 0.1) is 11.2 Å². The molecule has 0 saturated carbocycles. The predicted octanol–water partition coefficient (Wildman–Crippen LogP) is 1.94. The summed E-state index contributed by atoms with van der Waals surface area (Å²) in [5.74, 6) is -1.59. The van der Waals surface area contributed by atoms with E-state index in [9.17, 15) is 14.0 Å². The maximum absolute atomic E-state index is 13.6. The molecule has 1 unspecified atom stereocenters. The van der Waals surface area contributed by atoms with Gasteiger partial charge in [-0.05, 0) is 44.5 Å². The standard InChI is InChI=1S/C15H19FN2O3/c1-15(6-3-7-17-9-15)14(20)18-10-4-5-12(16)11(8-10)13(19)21-2/h4-5,8,17H,3,6-7,9H2,1-2H3,(H,18,20). The molecular formula is C15H19FN2O3. The number of hydrogen-bond acceptors (Lipinski definition) is 4. The second kappa shape index (κ2) is 6.22. The van der Waals surface area contributed by atoms with Crippen LogP contribution >= 0.6 is 0 Å². The molecule has 1 aliphatic heterocycles. The molecule has 1 fully saturated rings. The molecular weight excluding hydrogens is 275 g/mol. The molecule has 2 rings (SSSR count). The van der Waals surface area contributed by atoms with Crippen LogP contribution in [0.25, 0.3) is 0 Å². The number of amides is 1. The summed E-state index contributed by atoms with van der Waals surface area (Å²) < 4.78 is 18.1. The lowest BCUT2D eigenvalue weighted by Crippen LogP contribution is -2.46. The van der Waals surface area contributed by atoms with Crippen LogP contribution in [-0.2, 0) is 9.53 Å². The number of rotatable bonds is 3. The van der Waals surface area contributed by atoms with Crippen LogP contribution in [-0.4, -0.2) is 32.1 Å². The summed E-state index contributed by atoms with van der Waals surface area (Å²) in [4.78, 5) is 23.8. The first-order valence-electron chi connectivity index (χ1n) is 6.86. The number of esters is 1. The van der Waals surface area contributed by atoms with E-state index in [-0.39, 0.29) is 11.5 Å². The molecule has 2 N–H and O–H groups in total. The van der Waals surface area contributed by atoms with Crippen molar-refractivity contribution in [2.24, 2.45) is 5.41 Å². The smallest absolute Gasteiger partial charge is 0.340 e. The van der Waals surface area contributed by atoms with Gasteiger partial charge in [-0.1, -0.05) is 0 Å². The Bertz CT molecular complexity index is 554. The summed E-state index contributed by atoms with van der Waals surface area (Å²) in [6.07, 6.45) is 1.72. The van der Waals surface area contributed by atoms with Crippen LogP contribution in [0.4, 0.5) is 10.1 Å². The molecule has 1 heterocycles. The third-order valence-corrected chi connectivity index (χ3v) is 3.77. The molecule has 1 aromatic carbocycles. The van der Waals surface area contributed by atoms with Gasteiger partial charge >= 0.3 is 5.97 Å². The lowest BCUT2D eigenvalue weighted by molar-refractivity contribution is -0.125. The van der Waals surface area contributed by atoms with Crippen LogP contribution in [0.1, 0.15) is 30.1 Å². The highest BCUT2D eigenvalue weighted by Crippen LogP contribution is 2.27. The van der Waals surface area contributed by atoms with E-state index in [0.29, 0.717) is 12.2 Å². The van der Waals surface area contributed by atoms with Gasteiger partial charge in [0.2, 0.25) is 5.91 Å². The zero-order valence-corrected chi connectivity index (χ0v) is 12.2. The monoisotopic (exact) mass is 294 g/mol. The van der Waals surface area contributed by atoms with Gasteiger partial charge in [0, 0.05) is 12.2 Å². The number of carbonyl (C=O) groups is 2. The number of hydrogen-bond donors (Lipinski definition) is 2. The first kappa shape index (κ1) is 15.4. The molecule has 6 heteroatoms. The molecule has 114 valence electrons. The van der Waals surface area contributed by atoms with Crippen molar-refractivity contribution in [2.45, 2.75) is 19.8 Å². The van der Waals surface area contributed by atoms with Gasteiger partial charge in [0.25, 0.3) is 0 Å². The van der Waals surface area contributed by atoms with Gasteiger partial charge in [-0.25, -0.2) is 9.18 Å². The third kappa shape index (κ3) is 3.39. The second-order valence-electron chi connectivity index (χ2n) is 5.48. The fourth-order valence-electron chi connectivity index (χ4n) is 2.40. The number of halogens is 1. The zero-order chi connectivity index (χ0) is 15.5. The van der Waals surface area contributed by atoms with Gasteiger partial charge in [0.1, 0.15) is 5.82 Å². The van der Waals surface area contributed by atoms with Crippen LogP contribution in [0.2, 0.25) is 0 Å². The number of nitrogens with one attached hydrogen (secondary N) is 2. The fraction of sp³-hybridized carbons (Fsp3) is 0.467. The van der Waals surface area contributed by atoms with E-state index in [4.69, 9.17) is 0 Å². The maximum Gasteiger partial charge on any atom is 0.340 e. The average molecular weight is 294 g/mol. The van der Waals surface area contributed by atoms with E-state index >= 15 is 0 Å². The van der Waals surface area contributed by atoms with E-state index in [1.807, 2.05) is 6.92 Å². The van der Waals surface area contributed by atoms with Crippen LogP contribution < -0.4 is 10.6 Å². The molecule has 1 atom stereocenters. The zero-order valence-electron chi connectivity index (χ0n) is 12.2. The number of anilines is 1. The molecule has 1 aliphatic rings. The fourth-order valence-corrected chi connectivity index (χ4v) is 2.40. The number of benzene rings is 1. The van der Waals surface area contributed by atoms with E-state index in [2.05, 4.69) is 15.4 Å². The van der Waals surface area contributed by atoms with Gasteiger partial charge in [0.05, 0.1) is 18.1 Å². The molecule has 1 aromatic rings. The molecule has 5 nitrogen and oxygen atoms in total. The summed E-state index contributed by atoms with van der Waals surface area (Å²) in [5, 5.41) is 5.94. The van der Waals surface area contributed by atoms with Gasteiger partial charge in [-0.2, -0.15) is 0 Å². The second-order valence-corrected chi connectivity index (χ2v) is 5.48. The maximum atomic E-state index is 13.6. The quantitative estimate of drug-likeness (QED) is 0.836.